The maximum Gasteiger partial charge on any atom is 0.308 e. The lowest BCUT2D eigenvalue weighted by atomic mass is 9.44. The zero-order valence-corrected chi connectivity index (χ0v) is 35.1. The number of hydrogen-bond acceptors (Lipinski definition) is 10. The number of ether oxygens (including phenoxy) is 1. The summed E-state index contributed by atoms with van der Waals surface area (Å²) in [6.45, 7) is 6.94. The smallest absolute Gasteiger partial charge is 0.308 e. The van der Waals surface area contributed by atoms with Crippen LogP contribution in [-0.4, -0.2) is 86.5 Å². The highest BCUT2D eigenvalue weighted by Crippen LogP contribution is 2.70. The number of amides is 2. The fourth-order valence-electron chi connectivity index (χ4n) is 11.6. The van der Waals surface area contributed by atoms with Crippen molar-refractivity contribution in [3.63, 3.8) is 0 Å². The lowest BCUT2D eigenvalue weighted by molar-refractivity contribution is -0.220. The van der Waals surface area contributed by atoms with Crippen molar-refractivity contribution in [1.29, 1.82) is 0 Å². The number of Topliss-reactive ketones (excluding diaryl/α,β-unsaturated/α-hetero) is 2. The molecule has 0 aromatic heterocycles. The average Bonchev–Trinajstić information content (AvgIpc) is 3.58. The fourth-order valence-corrected chi connectivity index (χ4v) is 11.7. The van der Waals surface area contributed by atoms with Crippen LogP contribution in [0.1, 0.15) is 101 Å². The Morgan fingerprint density at radius 2 is 1.77 bits per heavy atom. The molecule has 12 nitrogen and oxygen atoms in total. The van der Waals surface area contributed by atoms with Crippen molar-refractivity contribution >= 4 is 52.4 Å². The van der Waals surface area contributed by atoms with E-state index in [1.54, 1.807) is 75.1 Å². The monoisotopic (exact) mass is 846 g/mol. The number of hydrogen-bond donors (Lipinski definition) is 4. The van der Waals surface area contributed by atoms with Crippen molar-refractivity contribution in [2.45, 2.75) is 115 Å². The predicted octanol–water partition coefficient (Wildman–Crippen LogP) is 5.28. The Bertz CT molecular complexity index is 2210. The molecule has 0 spiro atoms. The zero-order chi connectivity index (χ0) is 43.7. The summed E-state index contributed by atoms with van der Waals surface area (Å²) in [6, 6.07) is 9.73. The summed E-state index contributed by atoms with van der Waals surface area (Å²) in [7, 11) is 0. The highest BCUT2D eigenvalue weighted by atomic mass is 35.5. The number of benzene rings is 2. The van der Waals surface area contributed by atoms with Gasteiger partial charge in [0.1, 0.15) is 5.60 Å². The van der Waals surface area contributed by atoms with Crippen LogP contribution < -0.4 is 10.2 Å². The summed E-state index contributed by atoms with van der Waals surface area (Å²) < 4.78 is 22.9. The molecule has 1 heterocycles. The molecule has 3 fully saturated rings. The molecule has 0 radical (unpaired) electrons. The van der Waals surface area contributed by atoms with Crippen molar-refractivity contribution in [3.8, 4) is 0 Å². The number of fused-ring (bicyclic) bond motifs is 6. The molecule has 4 N–H and O–H groups in total. The normalized spacial score (nSPS) is 34.4. The number of allylic oxidation sites excluding steroid dienone is 4. The van der Waals surface area contributed by atoms with E-state index in [0.717, 1.165) is 0 Å². The van der Waals surface area contributed by atoms with E-state index >= 15 is 4.39 Å². The molecule has 2 aromatic rings. The molecule has 3 saturated carbocycles. The van der Waals surface area contributed by atoms with E-state index in [0.29, 0.717) is 45.8 Å². The minimum absolute atomic E-state index is 0.173. The van der Waals surface area contributed by atoms with E-state index in [1.165, 1.54) is 25.2 Å². The summed E-state index contributed by atoms with van der Waals surface area (Å²) in [5.74, 6) is -5.94. The quantitative estimate of drug-likeness (QED) is 0.217. The molecular formula is C46H52ClFN2O10. The van der Waals surface area contributed by atoms with E-state index in [9.17, 15) is 44.1 Å². The van der Waals surface area contributed by atoms with Crippen LogP contribution in [0.2, 0.25) is 5.02 Å². The Morgan fingerprint density at radius 3 is 2.43 bits per heavy atom. The first-order valence-corrected chi connectivity index (χ1v) is 20.9. The van der Waals surface area contributed by atoms with Gasteiger partial charge in [0.2, 0.25) is 11.7 Å². The lowest BCUT2D eigenvalue weighted by Gasteiger charge is -2.62. The summed E-state index contributed by atoms with van der Waals surface area (Å²) in [6.07, 6.45) is 2.73. The molecule has 5 unspecified atom stereocenters. The number of aliphatic hydroxyl groups excluding tert-OH is 2. The van der Waals surface area contributed by atoms with Crippen LogP contribution >= 0.6 is 11.6 Å². The largest absolute Gasteiger partial charge is 0.457 e. The van der Waals surface area contributed by atoms with Gasteiger partial charge in [-0.25, -0.2) is 4.39 Å². The number of anilines is 1. The van der Waals surface area contributed by atoms with Crippen molar-refractivity contribution in [2.24, 2.45) is 28.6 Å². The number of carbonyl (C=O) groups excluding carboxylic acids is 6. The van der Waals surface area contributed by atoms with Crippen LogP contribution in [0.15, 0.2) is 66.3 Å². The molecule has 11 atom stereocenters. The van der Waals surface area contributed by atoms with Crippen molar-refractivity contribution in [2.75, 3.05) is 11.5 Å². The van der Waals surface area contributed by atoms with Crippen molar-refractivity contribution in [3.05, 3.63) is 88.0 Å². The van der Waals surface area contributed by atoms with Gasteiger partial charge in [-0.2, -0.15) is 0 Å². The van der Waals surface area contributed by atoms with Gasteiger partial charge < -0.3 is 30.3 Å². The molecule has 4 aliphatic carbocycles. The van der Waals surface area contributed by atoms with Gasteiger partial charge >= 0.3 is 5.97 Å². The number of aliphatic hydroxyl groups is 3. The Morgan fingerprint density at radius 1 is 1.07 bits per heavy atom. The fraction of sp³-hybridized carbons (Fsp3) is 0.522. The third-order valence-electron chi connectivity index (χ3n) is 14.8. The predicted molar refractivity (Wildman–Crippen MR) is 218 cm³/mol. The summed E-state index contributed by atoms with van der Waals surface area (Å²) in [5, 5.41) is 36.9. The third kappa shape index (κ3) is 6.76. The first kappa shape index (κ1) is 43.5. The third-order valence-corrected chi connectivity index (χ3v) is 15.1. The van der Waals surface area contributed by atoms with Crippen LogP contribution in [0.5, 0.6) is 0 Å². The van der Waals surface area contributed by atoms with Gasteiger partial charge in [-0.1, -0.05) is 49.2 Å². The minimum Gasteiger partial charge on any atom is -0.457 e. The van der Waals surface area contributed by atoms with E-state index in [4.69, 9.17) is 16.3 Å². The van der Waals surface area contributed by atoms with Crippen LogP contribution in [0.3, 0.4) is 0 Å². The molecule has 7 rings (SSSR count). The molecule has 2 aromatic carbocycles. The number of nitrogens with zero attached hydrogens (tertiary/aromatic N) is 1. The minimum atomic E-state index is -2.15. The topological polar surface area (TPSA) is 188 Å². The molecule has 2 amide bonds. The molecular weight excluding hydrogens is 795 g/mol. The lowest BCUT2D eigenvalue weighted by Crippen LogP contribution is -2.69. The molecule has 0 saturated heterocycles. The van der Waals surface area contributed by atoms with Gasteiger partial charge in [0.25, 0.3) is 5.91 Å². The summed E-state index contributed by atoms with van der Waals surface area (Å²) >= 11 is 6.04. The van der Waals surface area contributed by atoms with Crippen molar-refractivity contribution < 1.29 is 53.2 Å². The number of carbonyl (C=O) groups is 6. The number of nitrogens with one attached hydrogen (secondary N) is 1. The molecule has 5 aliphatic rings. The Balaban J connectivity index is 1.01. The average molecular weight is 847 g/mol. The van der Waals surface area contributed by atoms with Crippen LogP contribution in [0, 0.1) is 28.6 Å². The van der Waals surface area contributed by atoms with Gasteiger partial charge in [0, 0.05) is 51.4 Å². The SMILES string of the molecule is CC(=O)C(CC(=O)OCC(=O)[C@@]1(O)[C@H](C)CC2C3CCC4=CC(=O)C=C[C@]4(C)[C@@]3(F)[C@@H](O)C[C@@]21C)NC(=O)CC1c2cc(CO)ccc2N(C(=O)c2ccc(Cl)cc2)C1C. The van der Waals surface area contributed by atoms with Crippen LogP contribution in [0.4, 0.5) is 10.1 Å². The first-order chi connectivity index (χ1) is 28.2. The van der Waals surface area contributed by atoms with E-state index in [1.807, 2.05) is 0 Å². The second-order valence-electron chi connectivity index (χ2n) is 18.0. The second-order valence-corrected chi connectivity index (χ2v) is 18.4. The number of alkyl halides is 1. The van der Waals surface area contributed by atoms with E-state index < -0.39 is 100 Å². The summed E-state index contributed by atoms with van der Waals surface area (Å²) in [4.78, 5) is 81.1. The van der Waals surface area contributed by atoms with Gasteiger partial charge in [-0.3, -0.25) is 28.8 Å². The van der Waals surface area contributed by atoms with Crippen LogP contribution in [-0.2, 0) is 35.3 Å². The maximum absolute atomic E-state index is 17.6. The number of esters is 1. The number of ketones is 3. The van der Waals surface area contributed by atoms with Gasteiger partial charge in [-0.05, 0) is 112 Å². The second kappa shape index (κ2) is 15.7. The van der Waals surface area contributed by atoms with Gasteiger partial charge in [-0.15, -0.1) is 0 Å². The van der Waals surface area contributed by atoms with Crippen LogP contribution in [0.25, 0.3) is 0 Å². The molecule has 320 valence electrons. The highest BCUT2D eigenvalue weighted by molar-refractivity contribution is 6.30. The number of halogens is 2. The molecule has 14 heteroatoms. The van der Waals surface area contributed by atoms with Crippen molar-refractivity contribution in [1.82, 2.24) is 5.32 Å². The molecule has 0 bridgehead atoms. The Kier molecular flexibility index (Phi) is 11.4. The Labute approximate surface area is 353 Å². The molecule has 1 aliphatic heterocycles. The standard InChI is InChI=1S/C46H52ClFN2O10/c1-24-16-35-34-12-9-29-18-31(53)14-15-43(29,4)45(34,48)38(54)21-44(35,5)46(24,59)39(55)23-60-41(57)20-36(26(3)52)49-40(56)19-32-25(2)50(37-13-6-27(22-51)17-33(32)37)42(58)28-7-10-30(47)11-8-28/h6-8,10-11,13-15,17-18,24-25,32,34-36,38,51,54,59H,9,12,16,19-23H2,1-5H3,(H,49,56)/t24-,25?,32?,34?,35?,36?,38+,43+,44+,45+,46+/m1/s1. The highest BCUT2D eigenvalue weighted by Gasteiger charge is 2.75. The van der Waals surface area contributed by atoms with E-state index in [-0.39, 0.29) is 37.6 Å². The van der Waals surface area contributed by atoms with E-state index in [2.05, 4.69) is 5.32 Å². The maximum atomic E-state index is 17.6. The van der Waals surface area contributed by atoms with Gasteiger partial charge in [0.05, 0.1) is 25.2 Å². The number of rotatable bonds is 11. The zero-order valence-electron chi connectivity index (χ0n) is 34.4. The first-order valence-electron chi connectivity index (χ1n) is 20.6. The summed E-state index contributed by atoms with van der Waals surface area (Å²) in [5.41, 5.74) is -3.95. The Hall–Kier alpha value is -4.56. The molecule has 60 heavy (non-hydrogen) atoms. The van der Waals surface area contributed by atoms with Gasteiger partial charge in [0.15, 0.2) is 23.8 Å².